The van der Waals surface area contributed by atoms with Gasteiger partial charge in [0.2, 0.25) is 0 Å². The maximum Gasteiger partial charge on any atom is 0.323 e. The van der Waals surface area contributed by atoms with Gasteiger partial charge < -0.3 is 0 Å². The van der Waals surface area contributed by atoms with Crippen LogP contribution >= 0.6 is 0 Å². The van der Waals surface area contributed by atoms with Crippen LogP contribution in [0.3, 0.4) is 0 Å². The van der Waals surface area contributed by atoms with Gasteiger partial charge in [-0.3, -0.25) is 10.6 Å². The summed E-state index contributed by atoms with van der Waals surface area (Å²) in [5.74, 6) is 0. The second-order valence-corrected chi connectivity index (χ2v) is 1.22. The molecule has 0 fully saturated rings. The molecule has 0 aliphatic heterocycles. The van der Waals surface area contributed by atoms with Crippen LogP contribution in [0.15, 0.2) is 0 Å². The highest BCUT2D eigenvalue weighted by atomic mass is 19.3. The van der Waals surface area contributed by atoms with E-state index in [4.69, 9.17) is 0 Å². The number of nitrogens with one attached hydrogen (secondary N) is 2. The molecule has 0 saturated heterocycles. The third kappa shape index (κ3) is 5.13. The van der Waals surface area contributed by atoms with Gasteiger partial charge >= 0.3 is 19.1 Å². The van der Waals surface area contributed by atoms with Gasteiger partial charge in [0.05, 0.1) is 0 Å². The van der Waals surface area contributed by atoms with E-state index in [2.05, 4.69) is 0 Å². The summed E-state index contributed by atoms with van der Waals surface area (Å²) < 4.78 is 44.5. The number of amides is 2. The summed E-state index contributed by atoms with van der Waals surface area (Å²) in [4.78, 5) is 9.88. The van der Waals surface area contributed by atoms with Gasteiger partial charge in [-0.15, -0.1) is 0 Å². The van der Waals surface area contributed by atoms with Crippen LogP contribution in [0.1, 0.15) is 0 Å². The monoisotopic (exact) mass is 160 g/mol. The van der Waals surface area contributed by atoms with Gasteiger partial charge in [-0.25, -0.2) is 4.79 Å². The highest BCUT2D eigenvalue weighted by Gasteiger charge is 2.10. The van der Waals surface area contributed by atoms with Crippen LogP contribution in [0.2, 0.25) is 0 Å². The predicted octanol–water partition coefficient (Wildman–Crippen LogP) is 0.731. The Labute approximate surface area is 53.4 Å². The molecule has 60 valence electrons. The molecule has 10 heavy (non-hydrogen) atoms. The summed E-state index contributed by atoms with van der Waals surface area (Å²) in [7, 11) is 0. The number of rotatable bonds is 2. The maximum atomic E-state index is 11.1. The van der Waals surface area contributed by atoms with Crippen molar-refractivity contribution in [3.63, 3.8) is 0 Å². The van der Waals surface area contributed by atoms with Crippen LogP contribution in [-0.4, -0.2) is 19.1 Å². The molecule has 7 heteroatoms. The van der Waals surface area contributed by atoms with Gasteiger partial charge in [-0.2, -0.15) is 17.6 Å². The number of halogens is 4. The van der Waals surface area contributed by atoms with E-state index in [-0.39, 0.29) is 0 Å². The van der Waals surface area contributed by atoms with Crippen molar-refractivity contribution in [2.45, 2.75) is 13.1 Å². The van der Waals surface area contributed by atoms with Crippen LogP contribution in [0.5, 0.6) is 0 Å². The summed E-state index contributed by atoms with van der Waals surface area (Å²) in [6.07, 6.45) is 0. The van der Waals surface area contributed by atoms with Gasteiger partial charge in [0, 0.05) is 0 Å². The second kappa shape index (κ2) is 3.91. The first-order valence-electron chi connectivity index (χ1n) is 2.15. The largest absolute Gasteiger partial charge is 0.323 e. The van der Waals surface area contributed by atoms with Crippen molar-refractivity contribution < 1.29 is 22.4 Å². The Balaban J connectivity index is 3.44. The van der Waals surface area contributed by atoms with E-state index in [1.165, 1.54) is 0 Å². The van der Waals surface area contributed by atoms with E-state index in [0.717, 1.165) is 10.6 Å². The van der Waals surface area contributed by atoms with E-state index >= 15 is 0 Å². The van der Waals surface area contributed by atoms with Crippen LogP contribution in [-0.2, 0) is 0 Å². The minimum Gasteiger partial charge on any atom is -0.282 e. The molecule has 3 nitrogen and oxygen atoms in total. The lowest BCUT2D eigenvalue weighted by Gasteiger charge is -2.03. The molecule has 0 aromatic rings. The number of carbonyl (C=O) groups is 1. The van der Waals surface area contributed by atoms with Gasteiger partial charge in [0.15, 0.2) is 0 Å². The Morgan fingerprint density at radius 2 is 1.30 bits per heavy atom. The molecule has 0 aromatic heterocycles. The molecule has 0 heterocycles. The predicted molar refractivity (Wildman–Crippen MR) is 23.7 cm³/mol. The van der Waals surface area contributed by atoms with Crippen molar-refractivity contribution in [1.29, 1.82) is 0 Å². The smallest absolute Gasteiger partial charge is 0.282 e. The lowest BCUT2D eigenvalue weighted by molar-refractivity contribution is 0.0911. The Morgan fingerprint density at radius 1 is 1.00 bits per heavy atom. The van der Waals surface area contributed by atoms with Crippen molar-refractivity contribution in [2.75, 3.05) is 0 Å². The van der Waals surface area contributed by atoms with Crippen molar-refractivity contribution in [3.8, 4) is 0 Å². The standard InChI is InChI=1S/C3H4F4N2O/c4-1(5)8-3(10)9-2(6)7/h1-2H,(H2,8,9,10). The minimum atomic E-state index is -3.13. The Kier molecular flexibility index (Phi) is 3.52. The van der Waals surface area contributed by atoms with Crippen LogP contribution < -0.4 is 10.6 Å². The highest BCUT2D eigenvalue weighted by molar-refractivity contribution is 5.73. The molecule has 0 atom stereocenters. The molecular formula is C3H4F4N2O. The number of urea groups is 1. The Bertz CT molecular complexity index is 105. The quantitative estimate of drug-likeness (QED) is 0.453. The number of carbonyl (C=O) groups excluding carboxylic acids is 1. The topological polar surface area (TPSA) is 41.1 Å². The fourth-order valence-electron chi connectivity index (χ4n) is 0.240. The molecule has 2 amide bonds. The highest BCUT2D eigenvalue weighted by Crippen LogP contribution is 1.87. The fourth-order valence-corrected chi connectivity index (χ4v) is 0.240. The summed E-state index contributed by atoms with van der Waals surface area (Å²) >= 11 is 0. The van der Waals surface area contributed by atoms with Crippen LogP contribution in [0.25, 0.3) is 0 Å². The zero-order valence-corrected chi connectivity index (χ0v) is 4.57. The van der Waals surface area contributed by atoms with E-state index in [1.54, 1.807) is 0 Å². The minimum absolute atomic E-state index is 0.911. The van der Waals surface area contributed by atoms with E-state index in [0.29, 0.717) is 0 Å². The first-order chi connectivity index (χ1) is 4.52. The van der Waals surface area contributed by atoms with Gasteiger partial charge in [0.1, 0.15) is 0 Å². The molecular weight excluding hydrogens is 156 g/mol. The van der Waals surface area contributed by atoms with Crippen molar-refractivity contribution in [2.24, 2.45) is 0 Å². The third-order valence-electron chi connectivity index (χ3n) is 0.480. The SMILES string of the molecule is O=C(NC(F)F)NC(F)F. The lowest BCUT2D eigenvalue weighted by atomic mass is 10.9. The van der Waals surface area contributed by atoms with E-state index < -0.39 is 19.1 Å². The zero-order chi connectivity index (χ0) is 8.15. The summed E-state index contributed by atoms with van der Waals surface area (Å²) in [6, 6.07) is -1.59. The normalized spacial score (nSPS) is 10.2. The van der Waals surface area contributed by atoms with Gasteiger partial charge in [0.25, 0.3) is 0 Å². The van der Waals surface area contributed by atoms with Gasteiger partial charge in [-0.1, -0.05) is 0 Å². The van der Waals surface area contributed by atoms with Gasteiger partial charge in [-0.05, 0) is 0 Å². The third-order valence-corrected chi connectivity index (χ3v) is 0.480. The second-order valence-electron chi connectivity index (χ2n) is 1.22. The molecule has 0 rings (SSSR count). The number of hydrogen-bond acceptors (Lipinski definition) is 1. The number of hydrogen-bond donors (Lipinski definition) is 2. The van der Waals surface area contributed by atoms with Crippen molar-refractivity contribution in [3.05, 3.63) is 0 Å². The summed E-state index contributed by atoms with van der Waals surface area (Å²) in [6.45, 7) is -6.25. The Hall–Kier alpha value is -1.01. The Morgan fingerprint density at radius 3 is 1.50 bits per heavy atom. The lowest BCUT2D eigenvalue weighted by Crippen LogP contribution is -2.40. The fraction of sp³-hybridized carbons (Fsp3) is 0.667. The average Bonchev–Trinajstić information content (AvgIpc) is 1.58. The number of alkyl halides is 4. The average molecular weight is 160 g/mol. The first kappa shape index (κ1) is 8.99. The van der Waals surface area contributed by atoms with E-state index in [1.807, 2.05) is 0 Å². The molecule has 0 aliphatic rings. The molecule has 0 aromatic carbocycles. The zero-order valence-electron chi connectivity index (χ0n) is 4.57. The molecule has 0 radical (unpaired) electrons. The summed E-state index contributed by atoms with van der Waals surface area (Å²) in [5, 5.41) is 1.82. The molecule has 0 unspecified atom stereocenters. The first-order valence-corrected chi connectivity index (χ1v) is 2.15. The van der Waals surface area contributed by atoms with E-state index in [9.17, 15) is 22.4 Å². The molecule has 0 bridgehead atoms. The molecule has 0 spiro atoms. The molecule has 2 N–H and O–H groups in total. The van der Waals surface area contributed by atoms with Crippen molar-refractivity contribution in [1.82, 2.24) is 10.6 Å². The van der Waals surface area contributed by atoms with Crippen LogP contribution in [0.4, 0.5) is 22.4 Å². The maximum absolute atomic E-state index is 11.1. The van der Waals surface area contributed by atoms with Crippen LogP contribution in [0, 0.1) is 0 Å². The van der Waals surface area contributed by atoms with Crippen molar-refractivity contribution >= 4 is 6.03 Å². The molecule has 0 saturated carbocycles. The molecule has 0 aliphatic carbocycles. The summed E-state index contributed by atoms with van der Waals surface area (Å²) in [5.41, 5.74) is 0.